The van der Waals surface area contributed by atoms with Gasteiger partial charge in [-0.15, -0.1) is 10.2 Å². The van der Waals surface area contributed by atoms with E-state index in [-0.39, 0.29) is 5.13 Å². The molecule has 6 nitrogen and oxygen atoms in total. The van der Waals surface area contributed by atoms with Gasteiger partial charge in [0.1, 0.15) is 17.1 Å². The summed E-state index contributed by atoms with van der Waals surface area (Å²) in [5, 5.41) is 11.3. The van der Waals surface area contributed by atoms with E-state index in [1.807, 2.05) is 0 Å². The number of carbonyl (C=O) groups excluding carboxylic acids is 1. The first-order valence-corrected chi connectivity index (χ1v) is 7.56. The van der Waals surface area contributed by atoms with Crippen molar-refractivity contribution in [3.8, 4) is 0 Å². The van der Waals surface area contributed by atoms with Gasteiger partial charge in [-0.3, -0.25) is 14.9 Å². The Balaban J connectivity index is 1.71. The van der Waals surface area contributed by atoms with Gasteiger partial charge < -0.3 is 4.57 Å². The lowest BCUT2D eigenvalue weighted by Gasteiger charge is -2.09. The number of nitrogens with one attached hydrogen (secondary N) is 1. The molecule has 0 radical (unpaired) electrons. The van der Waals surface area contributed by atoms with E-state index < -0.39 is 29.8 Å². The van der Waals surface area contributed by atoms with Crippen LogP contribution in [0.3, 0.4) is 0 Å². The summed E-state index contributed by atoms with van der Waals surface area (Å²) in [5.41, 5.74) is -2.56. The number of rotatable bonds is 4. The largest absolute Gasteiger partial charge is 0.421 e. The van der Waals surface area contributed by atoms with Crippen LogP contribution in [-0.2, 0) is 17.5 Å². The van der Waals surface area contributed by atoms with Crippen LogP contribution in [0.5, 0.6) is 0 Å². The van der Waals surface area contributed by atoms with Crippen molar-refractivity contribution in [2.45, 2.75) is 31.5 Å². The minimum atomic E-state index is -4.75. The zero-order valence-corrected chi connectivity index (χ0v) is 12.4. The molecule has 0 bridgehead atoms. The van der Waals surface area contributed by atoms with Gasteiger partial charge in [-0.2, -0.15) is 13.2 Å². The number of halogens is 3. The molecule has 1 amide bonds. The molecule has 0 unspecified atom stereocenters. The fourth-order valence-electron chi connectivity index (χ4n) is 1.97. The summed E-state index contributed by atoms with van der Waals surface area (Å²) in [4.78, 5) is 23.6. The van der Waals surface area contributed by atoms with E-state index in [2.05, 4.69) is 15.5 Å². The van der Waals surface area contributed by atoms with Gasteiger partial charge in [-0.1, -0.05) is 11.3 Å². The number of nitrogens with zero attached hydrogens (tertiary/aromatic N) is 3. The van der Waals surface area contributed by atoms with Crippen LogP contribution in [0.4, 0.5) is 18.3 Å². The molecule has 1 aliphatic carbocycles. The highest BCUT2D eigenvalue weighted by Crippen LogP contribution is 2.42. The zero-order valence-electron chi connectivity index (χ0n) is 11.6. The van der Waals surface area contributed by atoms with Gasteiger partial charge in [0.15, 0.2) is 0 Å². The first kappa shape index (κ1) is 15.7. The predicted molar refractivity (Wildman–Crippen MR) is 76.2 cm³/mol. The summed E-state index contributed by atoms with van der Waals surface area (Å²) in [6.07, 6.45) is -1.54. The zero-order chi connectivity index (χ0) is 16.6. The fourth-order valence-corrected chi connectivity index (χ4v) is 2.90. The molecule has 23 heavy (non-hydrogen) atoms. The lowest BCUT2D eigenvalue weighted by molar-refractivity contribution is -0.139. The highest BCUT2D eigenvalue weighted by Gasteiger charge is 2.34. The SMILES string of the molecule is O=C(Cn1cccc(C(F)(F)F)c1=O)Nc1nnc(C2CC2)s1. The van der Waals surface area contributed by atoms with E-state index >= 15 is 0 Å². The van der Waals surface area contributed by atoms with Crippen molar-refractivity contribution >= 4 is 22.4 Å². The van der Waals surface area contributed by atoms with Crippen molar-refractivity contribution in [3.05, 3.63) is 39.3 Å². The van der Waals surface area contributed by atoms with Gasteiger partial charge in [0.2, 0.25) is 11.0 Å². The molecule has 0 aliphatic heterocycles. The Labute approximate surface area is 132 Å². The molecule has 0 saturated heterocycles. The number of carbonyl (C=O) groups is 1. The van der Waals surface area contributed by atoms with Crippen LogP contribution >= 0.6 is 11.3 Å². The highest BCUT2D eigenvalue weighted by molar-refractivity contribution is 7.15. The van der Waals surface area contributed by atoms with Gasteiger partial charge in [-0.05, 0) is 25.0 Å². The Kier molecular flexibility index (Phi) is 3.92. The second kappa shape index (κ2) is 5.76. The first-order valence-electron chi connectivity index (χ1n) is 6.74. The van der Waals surface area contributed by atoms with Gasteiger partial charge in [0.25, 0.3) is 5.56 Å². The number of anilines is 1. The number of aromatic nitrogens is 3. The van der Waals surface area contributed by atoms with Crippen molar-refractivity contribution in [1.29, 1.82) is 0 Å². The normalized spacial score (nSPS) is 14.7. The van der Waals surface area contributed by atoms with Gasteiger partial charge >= 0.3 is 6.18 Å². The third-order valence-electron chi connectivity index (χ3n) is 3.25. The Morgan fingerprint density at radius 1 is 1.39 bits per heavy atom. The maximum Gasteiger partial charge on any atom is 0.421 e. The molecule has 2 heterocycles. The van der Waals surface area contributed by atoms with E-state index in [0.717, 1.165) is 30.1 Å². The molecule has 2 aromatic rings. The molecule has 122 valence electrons. The second-order valence-electron chi connectivity index (χ2n) is 5.12. The first-order chi connectivity index (χ1) is 10.8. The molecule has 1 aliphatic rings. The monoisotopic (exact) mass is 344 g/mol. The summed E-state index contributed by atoms with van der Waals surface area (Å²) in [5.74, 6) is -0.242. The van der Waals surface area contributed by atoms with E-state index in [4.69, 9.17) is 0 Å². The van der Waals surface area contributed by atoms with Crippen LogP contribution in [0.2, 0.25) is 0 Å². The molecule has 0 atom stereocenters. The lowest BCUT2D eigenvalue weighted by Crippen LogP contribution is -2.31. The van der Waals surface area contributed by atoms with Gasteiger partial charge in [0.05, 0.1) is 0 Å². The molecule has 1 N–H and O–H groups in total. The summed E-state index contributed by atoms with van der Waals surface area (Å²) < 4.78 is 38.7. The smallest absolute Gasteiger partial charge is 0.306 e. The molecular weight excluding hydrogens is 333 g/mol. The minimum absolute atomic E-state index is 0.275. The summed E-state index contributed by atoms with van der Waals surface area (Å²) in [7, 11) is 0. The topological polar surface area (TPSA) is 76.9 Å². The van der Waals surface area contributed by atoms with Crippen molar-refractivity contribution < 1.29 is 18.0 Å². The van der Waals surface area contributed by atoms with Crippen molar-refractivity contribution in [3.63, 3.8) is 0 Å². The van der Waals surface area contributed by atoms with E-state index in [9.17, 15) is 22.8 Å². The molecule has 10 heteroatoms. The molecule has 2 aromatic heterocycles. The summed E-state index contributed by atoms with van der Waals surface area (Å²) in [6.45, 7) is -0.527. The van der Waals surface area contributed by atoms with E-state index in [1.54, 1.807) is 0 Å². The van der Waals surface area contributed by atoms with Crippen molar-refractivity contribution in [2.24, 2.45) is 0 Å². The number of alkyl halides is 3. The van der Waals surface area contributed by atoms with Crippen LogP contribution in [0.25, 0.3) is 0 Å². The number of pyridine rings is 1. The number of hydrogen-bond acceptors (Lipinski definition) is 5. The number of amides is 1. The van der Waals surface area contributed by atoms with Crippen molar-refractivity contribution in [2.75, 3.05) is 5.32 Å². The minimum Gasteiger partial charge on any atom is -0.306 e. The Bertz CT molecular complexity index is 795. The van der Waals surface area contributed by atoms with E-state index in [0.29, 0.717) is 16.6 Å². The quantitative estimate of drug-likeness (QED) is 0.923. The third kappa shape index (κ3) is 3.58. The maximum atomic E-state index is 12.7. The van der Waals surface area contributed by atoms with Crippen LogP contribution < -0.4 is 10.9 Å². The standard InChI is InChI=1S/C13H11F3N4O2S/c14-13(15,16)8-2-1-5-20(11(8)22)6-9(21)17-12-19-18-10(23-12)7-3-4-7/h1-2,5,7H,3-4,6H2,(H,17,19,21). The predicted octanol–water partition coefficient (Wildman–Crippen LogP) is 2.23. The van der Waals surface area contributed by atoms with Gasteiger partial charge in [-0.25, -0.2) is 0 Å². The van der Waals surface area contributed by atoms with Crippen LogP contribution in [0.15, 0.2) is 23.1 Å². The molecule has 1 fully saturated rings. The second-order valence-corrected chi connectivity index (χ2v) is 6.13. The molecule has 0 spiro atoms. The van der Waals surface area contributed by atoms with Crippen LogP contribution in [0, 0.1) is 0 Å². The Morgan fingerprint density at radius 3 is 2.78 bits per heavy atom. The Morgan fingerprint density at radius 2 is 2.13 bits per heavy atom. The van der Waals surface area contributed by atoms with Gasteiger partial charge in [0, 0.05) is 12.1 Å². The molecule has 1 saturated carbocycles. The van der Waals surface area contributed by atoms with Crippen LogP contribution in [-0.4, -0.2) is 20.7 Å². The summed E-state index contributed by atoms with van der Waals surface area (Å²) in [6, 6.07) is 1.76. The highest BCUT2D eigenvalue weighted by atomic mass is 32.1. The number of hydrogen-bond donors (Lipinski definition) is 1. The maximum absolute atomic E-state index is 12.7. The molecular formula is C13H11F3N4O2S. The fraction of sp³-hybridized carbons (Fsp3) is 0.385. The average molecular weight is 344 g/mol. The summed E-state index contributed by atoms with van der Waals surface area (Å²) >= 11 is 1.23. The Hall–Kier alpha value is -2.23. The molecule has 0 aromatic carbocycles. The molecule has 3 rings (SSSR count). The average Bonchev–Trinajstić information content (AvgIpc) is 3.21. The van der Waals surface area contributed by atoms with E-state index in [1.165, 1.54) is 11.3 Å². The van der Waals surface area contributed by atoms with Crippen LogP contribution in [0.1, 0.15) is 29.3 Å². The lowest BCUT2D eigenvalue weighted by atomic mass is 10.2. The third-order valence-corrected chi connectivity index (χ3v) is 4.25. The van der Waals surface area contributed by atoms with Crippen molar-refractivity contribution in [1.82, 2.24) is 14.8 Å².